The zero-order chi connectivity index (χ0) is 18.0. The van der Waals surface area contributed by atoms with E-state index in [2.05, 4.69) is 5.10 Å². The Labute approximate surface area is 144 Å². The van der Waals surface area contributed by atoms with E-state index in [1.54, 1.807) is 12.1 Å². The summed E-state index contributed by atoms with van der Waals surface area (Å²) in [7, 11) is -3.82. The molecule has 1 aromatic heterocycles. The molecule has 136 valence electrons. The number of sulfonamides is 1. The Morgan fingerprint density at radius 3 is 2.72 bits per heavy atom. The van der Waals surface area contributed by atoms with Crippen LogP contribution < -0.4 is 0 Å². The molecule has 1 aliphatic carbocycles. The lowest BCUT2D eigenvalue weighted by molar-refractivity contribution is 0.121. The molecule has 1 heterocycles. The van der Waals surface area contributed by atoms with Crippen LogP contribution in [-0.2, 0) is 23.0 Å². The molecule has 0 unspecified atom stereocenters. The maximum Gasteiger partial charge on any atom is 0.257 e. The van der Waals surface area contributed by atoms with E-state index in [-0.39, 0.29) is 23.3 Å². The molecule has 0 aliphatic heterocycles. The number of hydrogen-bond acceptors (Lipinski definition) is 3. The van der Waals surface area contributed by atoms with Crippen LogP contribution in [0.2, 0.25) is 0 Å². The highest BCUT2D eigenvalue weighted by Gasteiger charge is 2.38. The largest absolute Gasteiger partial charge is 0.266 e. The topological polar surface area (TPSA) is 55.2 Å². The highest BCUT2D eigenvalue weighted by atomic mass is 32.2. The molecule has 5 nitrogen and oxygen atoms in total. The molecule has 0 bridgehead atoms. The highest BCUT2D eigenvalue weighted by Crippen LogP contribution is 2.32. The SMILES string of the molecule is O=S(=O)(c1cnn(CC(F)F)c1)N(CCc1cccc(F)c1)C1CC1. The molecule has 1 aromatic carbocycles. The van der Waals surface area contributed by atoms with Crippen LogP contribution in [0.25, 0.3) is 0 Å². The van der Waals surface area contributed by atoms with Gasteiger partial charge in [-0.2, -0.15) is 9.40 Å². The summed E-state index contributed by atoms with van der Waals surface area (Å²) in [6.07, 6.45) is 1.50. The molecule has 1 fully saturated rings. The number of halogens is 3. The van der Waals surface area contributed by atoms with Gasteiger partial charge < -0.3 is 0 Å². The Bertz CT molecular complexity index is 835. The molecular weight excluding hydrogens is 355 g/mol. The Morgan fingerprint density at radius 1 is 1.32 bits per heavy atom. The van der Waals surface area contributed by atoms with Crippen LogP contribution in [-0.4, -0.2) is 41.5 Å². The second kappa shape index (κ2) is 7.17. The molecule has 0 N–H and O–H groups in total. The third kappa shape index (κ3) is 4.40. The predicted molar refractivity (Wildman–Crippen MR) is 85.2 cm³/mol. The molecule has 0 saturated heterocycles. The predicted octanol–water partition coefficient (Wildman–Crippen LogP) is 2.68. The van der Waals surface area contributed by atoms with Gasteiger partial charge in [0.1, 0.15) is 17.3 Å². The van der Waals surface area contributed by atoms with Crippen molar-refractivity contribution in [1.29, 1.82) is 0 Å². The van der Waals surface area contributed by atoms with Gasteiger partial charge in [-0.15, -0.1) is 0 Å². The first-order chi connectivity index (χ1) is 11.9. The summed E-state index contributed by atoms with van der Waals surface area (Å²) < 4.78 is 66.0. The quantitative estimate of drug-likeness (QED) is 0.715. The van der Waals surface area contributed by atoms with Crippen LogP contribution >= 0.6 is 0 Å². The fourth-order valence-corrected chi connectivity index (χ4v) is 4.29. The molecule has 0 amide bonds. The van der Waals surface area contributed by atoms with Crippen molar-refractivity contribution in [2.75, 3.05) is 6.54 Å². The number of alkyl halides is 2. The normalized spacial score (nSPS) is 15.2. The number of hydrogen-bond donors (Lipinski definition) is 0. The maximum absolute atomic E-state index is 13.3. The van der Waals surface area contributed by atoms with Crippen molar-refractivity contribution in [2.45, 2.75) is 43.2 Å². The summed E-state index contributed by atoms with van der Waals surface area (Å²) in [5, 5.41) is 3.70. The van der Waals surface area contributed by atoms with E-state index < -0.39 is 23.0 Å². The monoisotopic (exact) mass is 373 g/mol. The van der Waals surface area contributed by atoms with Gasteiger partial charge in [-0.1, -0.05) is 12.1 Å². The Morgan fingerprint density at radius 2 is 2.08 bits per heavy atom. The van der Waals surface area contributed by atoms with Crippen molar-refractivity contribution in [3.05, 3.63) is 48.0 Å². The molecule has 25 heavy (non-hydrogen) atoms. The summed E-state index contributed by atoms with van der Waals surface area (Å²) in [5.74, 6) is -0.369. The van der Waals surface area contributed by atoms with Gasteiger partial charge in [0.05, 0.1) is 6.20 Å². The number of aromatic nitrogens is 2. The average molecular weight is 373 g/mol. The van der Waals surface area contributed by atoms with Crippen LogP contribution in [0.3, 0.4) is 0 Å². The molecule has 1 saturated carbocycles. The third-order valence-electron chi connectivity index (χ3n) is 4.01. The van der Waals surface area contributed by atoms with E-state index in [1.165, 1.54) is 16.4 Å². The fourth-order valence-electron chi connectivity index (χ4n) is 2.65. The van der Waals surface area contributed by atoms with Crippen molar-refractivity contribution in [3.63, 3.8) is 0 Å². The Kier molecular flexibility index (Phi) is 5.14. The van der Waals surface area contributed by atoms with Crippen LogP contribution in [0, 0.1) is 5.82 Å². The van der Waals surface area contributed by atoms with Crippen molar-refractivity contribution >= 4 is 10.0 Å². The van der Waals surface area contributed by atoms with Gasteiger partial charge >= 0.3 is 0 Å². The van der Waals surface area contributed by atoms with Gasteiger partial charge in [0.25, 0.3) is 6.43 Å². The Hall–Kier alpha value is -1.87. The summed E-state index contributed by atoms with van der Waals surface area (Å²) in [6.45, 7) is -0.446. The minimum Gasteiger partial charge on any atom is -0.266 e. The van der Waals surface area contributed by atoms with Crippen LogP contribution in [0.4, 0.5) is 13.2 Å². The van der Waals surface area contributed by atoms with E-state index >= 15 is 0 Å². The van der Waals surface area contributed by atoms with Gasteiger partial charge in [0, 0.05) is 18.8 Å². The standard InChI is InChI=1S/C16H18F3N3O2S/c17-13-3-1-2-12(8-13)6-7-22(14-4-5-14)25(23,24)15-9-20-21(10-15)11-16(18)19/h1-3,8-10,14,16H,4-7,11H2. The molecule has 3 rings (SSSR count). The van der Waals surface area contributed by atoms with E-state index in [1.807, 2.05) is 0 Å². The minimum atomic E-state index is -3.82. The lowest BCUT2D eigenvalue weighted by Gasteiger charge is -2.21. The third-order valence-corrected chi connectivity index (χ3v) is 5.91. The van der Waals surface area contributed by atoms with Gasteiger partial charge in [-0.25, -0.2) is 21.6 Å². The number of rotatable bonds is 8. The minimum absolute atomic E-state index is 0.0979. The first-order valence-corrected chi connectivity index (χ1v) is 9.37. The van der Waals surface area contributed by atoms with E-state index in [9.17, 15) is 21.6 Å². The molecule has 0 spiro atoms. The zero-order valence-corrected chi connectivity index (χ0v) is 14.2. The van der Waals surface area contributed by atoms with Gasteiger partial charge in [0.15, 0.2) is 0 Å². The number of nitrogens with zero attached hydrogens (tertiary/aromatic N) is 3. The van der Waals surface area contributed by atoms with Crippen molar-refractivity contribution in [3.8, 4) is 0 Å². The van der Waals surface area contributed by atoms with Crippen LogP contribution in [0.15, 0.2) is 41.6 Å². The van der Waals surface area contributed by atoms with E-state index in [0.29, 0.717) is 12.0 Å². The summed E-state index contributed by atoms with van der Waals surface area (Å²) in [6, 6.07) is 5.92. The summed E-state index contributed by atoms with van der Waals surface area (Å²) in [4.78, 5) is -0.0979. The summed E-state index contributed by atoms with van der Waals surface area (Å²) in [5.41, 5.74) is 0.703. The van der Waals surface area contributed by atoms with Crippen LogP contribution in [0.1, 0.15) is 18.4 Å². The molecule has 0 atom stereocenters. The van der Waals surface area contributed by atoms with E-state index in [0.717, 1.165) is 29.9 Å². The molecular formula is C16H18F3N3O2S. The maximum atomic E-state index is 13.3. The highest BCUT2D eigenvalue weighted by molar-refractivity contribution is 7.89. The van der Waals surface area contributed by atoms with E-state index in [4.69, 9.17) is 0 Å². The second-order valence-electron chi connectivity index (χ2n) is 6.02. The average Bonchev–Trinajstić information content (AvgIpc) is 3.25. The van der Waals surface area contributed by atoms with Crippen molar-refractivity contribution in [1.82, 2.24) is 14.1 Å². The lowest BCUT2D eigenvalue weighted by atomic mass is 10.1. The Balaban J connectivity index is 1.76. The molecule has 0 radical (unpaired) electrons. The first-order valence-electron chi connectivity index (χ1n) is 7.93. The van der Waals surface area contributed by atoms with Gasteiger partial charge in [-0.3, -0.25) is 4.68 Å². The van der Waals surface area contributed by atoms with Gasteiger partial charge in [0.2, 0.25) is 10.0 Å². The lowest BCUT2D eigenvalue weighted by Crippen LogP contribution is -2.34. The first kappa shape index (κ1) is 17.9. The second-order valence-corrected chi connectivity index (χ2v) is 7.91. The molecule has 2 aromatic rings. The molecule has 1 aliphatic rings. The zero-order valence-electron chi connectivity index (χ0n) is 13.4. The van der Waals surface area contributed by atoms with Crippen molar-refractivity contribution in [2.24, 2.45) is 0 Å². The van der Waals surface area contributed by atoms with Crippen LogP contribution in [0.5, 0.6) is 0 Å². The van der Waals surface area contributed by atoms with Gasteiger partial charge in [-0.05, 0) is 37.0 Å². The smallest absolute Gasteiger partial charge is 0.257 e. The summed E-state index contributed by atoms with van der Waals surface area (Å²) >= 11 is 0. The van der Waals surface area contributed by atoms with Crippen molar-refractivity contribution < 1.29 is 21.6 Å². The molecule has 9 heteroatoms. The fraction of sp³-hybridized carbons (Fsp3) is 0.438. The number of benzene rings is 1.